The van der Waals surface area contributed by atoms with Crippen LogP contribution >= 0.6 is 0 Å². The third-order valence-electron chi connectivity index (χ3n) is 4.22. The van der Waals surface area contributed by atoms with Crippen LogP contribution in [0.15, 0.2) is 12.1 Å². The molecular formula is C15H18F2N2. The fourth-order valence-corrected chi connectivity index (χ4v) is 2.80. The molecule has 4 heteroatoms. The Morgan fingerprint density at radius 1 is 1.16 bits per heavy atom. The van der Waals surface area contributed by atoms with Crippen molar-refractivity contribution >= 4 is 11.0 Å². The largest absolute Gasteiger partial charge is 0.342 e. The molecule has 102 valence electrons. The summed E-state index contributed by atoms with van der Waals surface area (Å²) < 4.78 is 26.3. The molecule has 0 atom stereocenters. The highest BCUT2D eigenvalue weighted by Crippen LogP contribution is 2.40. The third kappa shape index (κ3) is 2.36. The van der Waals surface area contributed by atoms with Crippen LogP contribution in [0.1, 0.15) is 48.6 Å². The smallest absolute Gasteiger partial charge is 0.248 e. The minimum atomic E-state index is -2.48. The van der Waals surface area contributed by atoms with Crippen molar-refractivity contribution in [3.05, 3.63) is 29.1 Å². The minimum Gasteiger partial charge on any atom is -0.342 e. The number of aryl methyl sites for hydroxylation is 2. The number of alkyl halides is 2. The number of hydrogen-bond donors (Lipinski definition) is 1. The summed E-state index contributed by atoms with van der Waals surface area (Å²) in [7, 11) is 0. The maximum atomic E-state index is 13.2. The Labute approximate surface area is 111 Å². The van der Waals surface area contributed by atoms with Gasteiger partial charge in [-0.25, -0.2) is 13.8 Å². The van der Waals surface area contributed by atoms with Crippen LogP contribution in [-0.4, -0.2) is 15.9 Å². The van der Waals surface area contributed by atoms with Gasteiger partial charge in [-0.1, -0.05) is 0 Å². The number of halogens is 2. The molecule has 0 amide bonds. The van der Waals surface area contributed by atoms with Crippen molar-refractivity contribution in [2.75, 3.05) is 0 Å². The number of nitrogens with zero attached hydrogens (tertiary/aromatic N) is 1. The molecule has 0 saturated heterocycles. The summed E-state index contributed by atoms with van der Waals surface area (Å²) in [5, 5.41) is 0. The van der Waals surface area contributed by atoms with Gasteiger partial charge in [0.1, 0.15) is 5.82 Å². The van der Waals surface area contributed by atoms with Gasteiger partial charge in [0.05, 0.1) is 11.0 Å². The lowest BCUT2D eigenvalue weighted by Crippen LogP contribution is -2.24. The van der Waals surface area contributed by atoms with E-state index in [0.29, 0.717) is 12.8 Å². The maximum absolute atomic E-state index is 13.2. The predicted octanol–water partition coefficient (Wildman–Crippen LogP) is 4.47. The van der Waals surface area contributed by atoms with Crippen molar-refractivity contribution in [2.45, 2.75) is 51.4 Å². The topological polar surface area (TPSA) is 28.7 Å². The molecule has 0 radical (unpaired) electrons. The van der Waals surface area contributed by atoms with Crippen LogP contribution < -0.4 is 0 Å². The number of H-pyrrole nitrogens is 1. The van der Waals surface area contributed by atoms with Crippen molar-refractivity contribution < 1.29 is 8.78 Å². The molecule has 1 saturated carbocycles. The lowest BCUT2D eigenvalue weighted by molar-refractivity contribution is -0.0387. The van der Waals surface area contributed by atoms with Crippen LogP contribution in [0.5, 0.6) is 0 Å². The Bertz CT molecular complexity index is 567. The fraction of sp³-hybridized carbons (Fsp3) is 0.533. The molecule has 2 aromatic rings. The van der Waals surface area contributed by atoms with Gasteiger partial charge in [0.15, 0.2) is 0 Å². The number of aromatic amines is 1. The molecule has 19 heavy (non-hydrogen) atoms. The summed E-state index contributed by atoms with van der Waals surface area (Å²) in [5.74, 6) is -1.46. The highest BCUT2D eigenvalue weighted by atomic mass is 19.3. The van der Waals surface area contributed by atoms with Crippen LogP contribution in [0.2, 0.25) is 0 Å². The Hall–Kier alpha value is -1.45. The van der Waals surface area contributed by atoms with E-state index in [1.165, 1.54) is 11.1 Å². The second-order valence-electron chi connectivity index (χ2n) is 5.71. The standard InChI is InChI=1S/C15H18F2N2/c1-9-7-12-13(8-10(9)2)19-14(18-12)11-3-5-15(16,17)6-4-11/h7-8,11H,3-6H2,1-2H3,(H,18,19). The zero-order valence-electron chi connectivity index (χ0n) is 11.3. The fourth-order valence-electron chi connectivity index (χ4n) is 2.80. The van der Waals surface area contributed by atoms with E-state index in [0.717, 1.165) is 16.9 Å². The molecule has 1 heterocycles. The van der Waals surface area contributed by atoms with Gasteiger partial charge >= 0.3 is 0 Å². The maximum Gasteiger partial charge on any atom is 0.248 e. The quantitative estimate of drug-likeness (QED) is 0.808. The summed E-state index contributed by atoms with van der Waals surface area (Å²) in [6.07, 6.45) is 0.995. The Morgan fingerprint density at radius 2 is 1.79 bits per heavy atom. The van der Waals surface area contributed by atoms with E-state index < -0.39 is 5.92 Å². The van der Waals surface area contributed by atoms with Crippen molar-refractivity contribution in [1.29, 1.82) is 0 Å². The van der Waals surface area contributed by atoms with E-state index in [9.17, 15) is 8.78 Å². The lowest BCUT2D eigenvalue weighted by Gasteiger charge is -2.26. The van der Waals surface area contributed by atoms with Gasteiger partial charge in [-0.2, -0.15) is 0 Å². The Morgan fingerprint density at radius 3 is 2.47 bits per heavy atom. The molecule has 1 N–H and O–H groups in total. The molecule has 1 aliphatic carbocycles. The number of rotatable bonds is 1. The molecule has 3 rings (SSSR count). The number of nitrogens with one attached hydrogen (secondary N) is 1. The number of hydrogen-bond acceptors (Lipinski definition) is 1. The molecule has 0 bridgehead atoms. The van der Waals surface area contributed by atoms with E-state index in [1.54, 1.807) is 0 Å². The second-order valence-corrected chi connectivity index (χ2v) is 5.71. The summed E-state index contributed by atoms with van der Waals surface area (Å²) in [5.41, 5.74) is 4.38. The zero-order chi connectivity index (χ0) is 13.6. The Balaban J connectivity index is 1.90. The van der Waals surface area contributed by atoms with Gasteiger partial charge in [-0.15, -0.1) is 0 Å². The lowest BCUT2D eigenvalue weighted by atomic mass is 9.86. The first-order valence-corrected chi connectivity index (χ1v) is 6.79. The van der Waals surface area contributed by atoms with Crippen LogP contribution in [0.3, 0.4) is 0 Å². The van der Waals surface area contributed by atoms with Gasteiger partial charge in [-0.3, -0.25) is 0 Å². The van der Waals surface area contributed by atoms with Crippen molar-refractivity contribution in [2.24, 2.45) is 0 Å². The minimum absolute atomic E-state index is 0.0211. The number of aromatic nitrogens is 2. The summed E-state index contributed by atoms with van der Waals surface area (Å²) in [4.78, 5) is 7.89. The van der Waals surface area contributed by atoms with Crippen molar-refractivity contribution in [3.63, 3.8) is 0 Å². The highest BCUT2D eigenvalue weighted by Gasteiger charge is 2.36. The Kier molecular flexibility index (Phi) is 2.84. The first-order chi connectivity index (χ1) is 8.94. The van der Waals surface area contributed by atoms with Gasteiger partial charge < -0.3 is 4.98 Å². The van der Waals surface area contributed by atoms with Gasteiger partial charge in [0, 0.05) is 18.8 Å². The predicted molar refractivity (Wildman–Crippen MR) is 71.7 cm³/mol. The average molecular weight is 264 g/mol. The molecule has 0 unspecified atom stereocenters. The monoisotopic (exact) mass is 264 g/mol. The second kappa shape index (κ2) is 4.29. The van der Waals surface area contributed by atoms with Crippen LogP contribution in [-0.2, 0) is 0 Å². The number of imidazole rings is 1. The summed E-state index contributed by atoms with van der Waals surface area (Å²) >= 11 is 0. The van der Waals surface area contributed by atoms with E-state index in [2.05, 4.69) is 35.9 Å². The van der Waals surface area contributed by atoms with Crippen molar-refractivity contribution in [3.8, 4) is 0 Å². The average Bonchev–Trinajstić information content (AvgIpc) is 2.72. The van der Waals surface area contributed by atoms with E-state index in [1.807, 2.05) is 0 Å². The molecule has 0 aliphatic heterocycles. The molecule has 2 nitrogen and oxygen atoms in total. The zero-order valence-corrected chi connectivity index (χ0v) is 11.3. The third-order valence-corrected chi connectivity index (χ3v) is 4.22. The molecule has 1 fully saturated rings. The number of fused-ring (bicyclic) bond motifs is 1. The first-order valence-electron chi connectivity index (χ1n) is 6.79. The van der Waals surface area contributed by atoms with Crippen LogP contribution in [0.25, 0.3) is 11.0 Å². The summed E-state index contributed by atoms with van der Waals surface area (Å²) in [6.45, 7) is 4.13. The molecule has 1 aromatic heterocycles. The molecule has 1 aliphatic rings. The molecule has 0 spiro atoms. The molecule has 1 aromatic carbocycles. The van der Waals surface area contributed by atoms with Gasteiger partial charge in [0.2, 0.25) is 5.92 Å². The normalized spacial score (nSPS) is 20.0. The van der Waals surface area contributed by atoms with Crippen LogP contribution in [0.4, 0.5) is 8.78 Å². The van der Waals surface area contributed by atoms with Crippen LogP contribution in [0, 0.1) is 13.8 Å². The SMILES string of the molecule is Cc1cc2nc(C3CCC(F)(F)CC3)[nH]c2cc1C. The van der Waals surface area contributed by atoms with Gasteiger partial charge in [0.25, 0.3) is 0 Å². The van der Waals surface area contributed by atoms with Gasteiger partial charge in [-0.05, 0) is 49.9 Å². The number of benzene rings is 1. The highest BCUT2D eigenvalue weighted by molar-refractivity contribution is 5.77. The van der Waals surface area contributed by atoms with E-state index in [-0.39, 0.29) is 18.8 Å². The van der Waals surface area contributed by atoms with E-state index >= 15 is 0 Å². The first kappa shape index (κ1) is 12.6. The van der Waals surface area contributed by atoms with Crippen molar-refractivity contribution in [1.82, 2.24) is 9.97 Å². The molecular weight excluding hydrogens is 246 g/mol. The van der Waals surface area contributed by atoms with E-state index in [4.69, 9.17) is 0 Å². The summed E-state index contributed by atoms with van der Waals surface area (Å²) in [6, 6.07) is 4.14.